The molecule has 1 N–H and O–H groups in total. The van der Waals surface area contributed by atoms with E-state index in [0.29, 0.717) is 24.5 Å². The van der Waals surface area contributed by atoms with Gasteiger partial charge in [0.05, 0.1) is 12.2 Å². The zero-order chi connectivity index (χ0) is 15.8. The molecule has 2 heterocycles. The summed E-state index contributed by atoms with van der Waals surface area (Å²) in [6.07, 6.45) is 0.704. The Morgan fingerprint density at radius 3 is 2.65 bits per heavy atom. The van der Waals surface area contributed by atoms with Gasteiger partial charge in [0.1, 0.15) is 12.0 Å². The highest BCUT2D eigenvalue weighted by Gasteiger charge is 2.38. The standard InChI is InChI=1S/C18H17FN2O2/c19-13-5-7-14(8-6-13)21-17(12-9-10-23-11-12)20-16-4-2-1-3-15(16)18(21)22/h1-8,12,17,20H,9-11H2/t12-,17-/m0/s1. The van der Waals surface area contributed by atoms with Crippen molar-refractivity contribution < 1.29 is 13.9 Å². The Bertz CT molecular complexity index is 726. The Balaban J connectivity index is 1.78. The van der Waals surface area contributed by atoms with Gasteiger partial charge in [-0.2, -0.15) is 0 Å². The summed E-state index contributed by atoms with van der Waals surface area (Å²) in [6, 6.07) is 13.5. The summed E-state index contributed by atoms with van der Waals surface area (Å²) >= 11 is 0. The molecule has 2 atom stereocenters. The van der Waals surface area contributed by atoms with Crippen LogP contribution in [0.15, 0.2) is 48.5 Å². The SMILES string of the molecule is O=C1c2ccccc2N[C@H]([C@H]2CCOC2)N1c1ccc(F)cc1. The van der Waals surface area contributed by atoms with E-state index in [1.54, 1.807) is 17.0 Å². The molecule has 1 amide bonds. The van der Waals surface area contributed by atoms with E-state index in [9.17, 15) is 9.18 Å². The quantitative estimate of drug-likeness (QED) is 0.925. The fraction of sp³-hybridized carbons (Fsp3) is 0.278. The maximum absolute atomic E-state index is 13.2. The minimum Gasteiger partial charge on any atom is -0.381 e. The van der Waals surface area contributed by atoms with Gasteiger partial charge in [0.15, 0.2) is 0 Å². The largest absolute Gasteiger partial charge is 0.381 e. The van der Waals surface area contributed by atoms with Crippen LogP contribution >= 0.6 is 0 Å². The molecule has 2 aromatic carbocycles. The number of carbonyl (C=O) groups excluding carboxylic acids is 1. The van der Waals surface area contributed by atoms with Gasteiger partial charge in [-0.25, -0.2) is 4.39 Å². The number of rotatable bonds is 2. The second-order valence-corrected chi connectivity index (χ2v) is 5.91. The topological polar surface area (TPSA) is 41.6 Å². The summed E-state index contributed by atoms with van der Waals surface area (Å²) in [4.78, 5) is 14.7. The molecule has 0 saturated carbocycles. The lowest BCUT2D eigenvalue weighted by atomic mass is 9.98. The maximum atomic E-state index is 13.2. The van der Waals surface area contributed by atoms with Crippen molar-refractivity contribution in [2.75, 3.05) is 23.4 Å². The third-order valence-corrected chi connectivity index (χ3v) is 4.47. The van der Waals surface area contributed by atoms with Gasteiger partial charge in [-0.05, 0) is 42.8 Å². The van der Waals surface area contributed by atoms with Gasteiger partial charge < -0.3 is 10.1 Å². The summed E-state index contributed by atoms with van der Waals surface area (Å²) in [5.41, 5.74) is 2.16. The number of para-hydroxylation sites is 1. The number of hydrogen-bond acceptors (Lipinski definition) is 3. The molecule has 118 valence electrons. The molecule has 4 nitrogen and oxygen atoms in total. The normalized spacial score (nSPS) is 23.5. The molecule has 1 fully saturated rings. The molecule has 0 bridgehead atoms. The Morgan fingerprint density at radius 2 is 1.91 bits per heavy atom. The molecule has 23 heavy (non-hydrogen) atoms. The lowest BCUT2D eigenvalue weighted by Crippen LogP contribution is -2.53. The van der Waals surface area contributed by atoms with Gasteiger partial charge in [-0.15, -0.1) is 0 Å². The van der Waals surface area contributed by atoms with Crippen molar-refractivity contribution in [1.29, 1.82) is 0 Å². The van der Waals surface area contributed by atoms with Crippen LogP contribution in [0.1, 0.15) is 16.8 Å². The van der Waals surface area contributed by atoms with Gasteiger partial charge in [0.2, 0.25) is 0 Å². The number of halogens is 1. The first-order valence-electron chi connectivity index (χ1n) is 7.76. The van der Waals surface area contributed by atoms with E-state index in [0.717, 1.165) is 12.1 Å². The summed E-state index contributed by atoms with van der Waals surface area (Å²) in [5.74, 6) is -0.174. The van der Waals surface area contributed by atoms with E-state index in [1.807, 2.05) is 24.3 Å². The number of anilines is 2. The van der Waals surface area contributed by atoms with Crippen LogP contribution in [-0.2, 0) is 4.74 Å². The predicted molar refractivity (Wildman–Crippen MR) is 86.0 cm³/mol. The summed E-state index contributed by atoms with van der Waals surface area (Å²) in [6.45, 7) is 1.32. The number of fused-ring (bicyclic) bond motifs is 1. The lowest BCUT2D eigenvalue weighted by molar-refractivity contribution is 0.0963. The minimum atomic E-state index is -0.313. The number of nitrogens with zero attached hydrogens (tertiary/aromatic N) is 1. The van der Waals surface area contributed by atoms with Crippen molar-refractivity contribution in [3.63, 3.8) is 0 Å². The Kier molecular flexibility index (Phi) is 3.50. The smallest absolute Gasteiger partial charge is 0.262 e. The van der Waals surface area contributed by atoms with Crippen LogP contribution in [0.3, 0.4) is 0 Å². The van der Waals surface area contributed by atoms with Crippen molar-refractivity contribution in [3.8, 4) is 0 Å². The molecule has 2 aliphatic heterocycles. The molecule has 1 saturated heterocycles. The van der Waals surface area contributed by atoms with Crippen molar-refractivity contribution >= 4 is 17.3 Å². The van der Waals surface area contributed by atoms with Crippen LogP contribution in [-0.4, -0.2) is 25.3 Å². The van der Waals surface area contributed by atoms with Crippen molar-refractivity contribution in [3.05, 3.63) is 59.9 Å². The molecule has 2 aromatic rings. The van der Waals surface area contributed by atoms with Crippen LogP contribution < -0.4 is 10.2 Å². The number of amides is 1. The summed E-state index contributed by atoms with van der Waals surface area (Å²) in [7, 11) is 0. The molecule has 5 heteroatoms. The number of carbonyl (C=O) groups is 1. The molecule has 0 unspecified atom stereocenters. The first kappa shape index (κ1) is 14.2. The van der Waals surface area contributed by atoms with E-state index < -0.39 is 0 Å². The Hall–Kier alpha value is -2.40. The molecule has 0 aromatic heterocycles. The average Bonchev–Trinajstić information content (AvgIpc) is 3.10. The third kappa shape index (κ3) is 2.47. The number of ether oxygens (including phenoxy) is 1. The van der Waals surface area contributed by atoms with Crippen LogP contribution in [0.25, 0.3) is 0 Å². The highest BCUT2D eigenvalue weighted by molar-refractivity contribution is 6.12. The minimum absolute atomic E-state index is 0.0668. The lowest BCUT2D eigenvalue weighted by Gasteiger charge is -2.40. The van der Waals surface area contributed by atoms with Crippen LogP contribution in [0.4, 0.5) is 15.8 Å². The molecule has 0 radical (unpaired) electrons. The molecule has 4 rings (SSSR count). The zero-order valence-electron chi connectivity index (χ0n) is 12.5. The average molecular weight is 312 g/mol. The third-order valence-electron chi connectivity index (χ3n) is 4.47. The second-order valence-electron chi connectivity index (χ2n) is 5.91. The van der Waals surface area contributed by atoms with Crippen molar-refractivity contribution in [2.45, 2.75) is 12.6 Å². The molecule has 0 aliphatic carbocycles. The predicted octanol–water partition coefficient (Wildman–Crippen LogP) is 3.26. The van der Waals surface area contributed by atoms with Crippen LogP contribution in [0.5, 0.6) is 0 Å². The highest BCUT2D eigenvalue weighted by atomic mass is 19.1. The van der Waals surface area contributed by atoms with Gasteiger partial charge in [-0.1, -0.05) is 12.1 Å². The molecule has 0 spiro atoms. The highest BCUT2D eigenvalue weighted by Crippen LogP contribution is 2.34. The van der Waals surface area contributed by atoms with Gasteiger partial charge >= 0.3 is 0 Å². The number of hydrogen-bond donors (Lipinski definition) is 1. The van der Waals surface area contributed by atoms with Gasteiger partial charge in [-0.3, -0.25) is 9.69 Å². The molecular weight excluding hydrogens is 295 g/mol. The first-order valence-corrected chi connectivity index (χ1v) is 7.76. The summed E-state index contributed by atoms with van der Waals surface area (Å²) in [5, 5.41) is 3.46. The number of nitrogens with one attached hydrogen (secondary N) is 1. The number of benzene rings is 2. The van der Waals surface area contributed by atoms with E-state index in [4.69, 9.17) is 4.74 Å². The van der Waals surface area contributed by atoms with E-state index in [1.165, 1.54) is 12.1 Å². The van der Waals surface area contributed by atoms with Gasteiger partial charge in [0.25, 0.3) is 5.91 Å². The molecule has 2 aliphatic rings. The monoisotopic (exact) mass is 312 g/mol. The maximum Gasteiger partial charge on any atom is 0.262 e. The van der Waals surface area contributed by atoms with Crippen LogP contribution in [0.2, 0.25) is 0 Å². The van der Waals surface area contributed by atoms with E-state index >= 15 is 0 Å². The molecular formula is C18H17FN2O2. The zero-order valence-corrected chi connectivity index (χ0v) is 12.5. The van der Waals surface area contributed by atoms with Gasteiger partial charge in [0, 0.05) is 23.9 Å². The van der Waals surface area contributed by atoms with Crippen molar-refractivity contribution in [2.24, 2.45) is 5.92 Å². The Morgan fingerprint density at radius 1 is 1.13 bits per heavy atom. The van der Waals surface area contributed by atoms with Crippen LogP contribution in [0, 0.1) is 11.7 Å². The van der Waals surface area contributed by atoms with E-state index in [2.05, 4.69) is 5.32 Å². The van der Waals surface area contributed by atoms with E-state index in [-0.39, 0.29) is 23.8 Å². The first-order chi connectivity index (χ1) is 11.2. The summed E-state index contributed by atoms with van der Waals surface area (Å²) < 4.78 is 18.7. The van der Waals surface area contributed by atoms with Crippen molar-refractivity contribution in [1.82, 2.24) is 0 Å². The fourth-order valence-electron chi connectivity index (χ4n) is 3.29. The second kappa shape index (κ2) is 5.66. The fourth-order valence-corrected chi connectivity index (χ4v) is 3.29. The Labute approximate surface area is 133 Å².